The molecule has 0 radical (unpaired) electrons. The Balaban J connectivity index is 1.52. The molecule has 0 aromatic heterocycles. The van der Waals surface area contributed by atoms with Crippen molar-refractivity contribution in [2.24, 2.45) is 0 Å². The van der Waals surface area contributed by atoms with Gasteiger partial charge in [0.15, 0.2) is 0 Å². The molecule has 3 rings (SSSR count). The lowest BCUT2D eigenvalue weighted by atomic mass is 10.2. The zero-order chi connectivity index (χ0) is 20.1. The summed E-state index contributed by atoms with van der Waals surface area (Å²) in [6.07, 6.45) is 0. The molecule has 0 atom stereocenters. The number of nitrogens with one attached hydrogen (secondary N) is 1. The SMILES string of the molecule is COc1ccc(N2CCN(C(=O)CNc3cc([N+](=O)[O-])ccc3C)CC2)cc1. The van der Waals surface area contributed by atoms with Crippen LogP contribution in [0.4, 0.5) is 17.1 Å². The molecule has 0 bridgehead atoms. The highest BCUT2D eigenvalue weighted by Crippen LogP contribution is 2.22. The number of nitrogens with zero attached hydrogens (tertiary/aromatic N) is 3. The van der Waals surface area contributed by atoms with Crippen LogP contribution in [-0.4, -0.2) is 55.6 Å². The molecule has 8 heteroatoms. The van der Waals surface area contributed by atoms with Crippen LogP contribution in [-0.2, 0) is 4.79 Å². The largest absolute Gasteiger partial charge is 0.497 e. The third-order valence-corrected chi connectivity index (χ3v) is 4.93. The van der Waals surface area contributed by atoms with E-state index in [1.807, 2.05) is 36.1 Å². The lowest BCUT2D eigenvalue weighted by molar-refractivity contribution is -0.384. The molecule has 2 aromatic carbocycles. The third-order valence-electron chi connectivity index (χ3n) is 4.93. The molecule has 1 amide bonds. The first-order valence-corrected chi connectivity index (χ1v) is 9.13. The Morgan fingerprint density at radius 3 is 2.43 bits per heavy atom. The number of aryl methyl sites for hydroxylation is 1. The lowest BCUT2D eigenvalue weighted by Gasteiger charge is -2.36. The summed E-state index contributed by atoms with van der Waals surface area (Å²) in [5, 5.41) is 14.0. The maximum atomic E-state index is 12.5. The van der Waals surface area contributed by atoms with E-state index in [0.29, 0.717) is 18.8 Å². The van der Waals surface area contributed by atoms with E-state index in [0.717, 1.165) is 30.1 Å². The van der Waals surface area contributed by atoms with Crippen molar-refractivity contribution in [3.63, 3.8) is 0 Å². The van der Waals surface area contributed by atoms with Crippen molar-refractivity contribution < 1.29 is 14.5 Å². The van der Waals surface area contributed by atoms with E-state index in [9.17, 15) is 14.9 Å². The standard InChI is InChI=1S/C20H24N4O4/c1-15-3-4-17(24(26)27)13-19(15)21-14-20(25)23-11-9-22(10-12-23)16-5-7-18(28-2)8-6-16/h3-8,13,21H,9-12,14H2,1-2H3. The van der Waals surface area contributed by atoms with Crippen molar-refractivity contribution in [1.82, 2.24) is 4.90 Å². The zero-order valence-electron chi connectivity index (χ0n) is 16.1. The summed E-state index contributed by atoms with van der Waals surface area (Å²) < 4.78 is 5.18. The first kappa shape index (κ1) is 19.5. The van der Waals surface area contributed by atoms with Gasteiger partial charge in [-0.15, -0.1) is 0 Å². The molecule has 1 fully saturated rings. The fraction of sp³-hybridized carbons (Fsp3) is 0.350. The van der Waals surface area contributed by atoms with Gasteiger partial charge in [0.05, 0.1) is 18.6 Å². The fourth-order valence-corrected chi connectivity index (χ4v) is 3.20. The molecule has 0 saturated carbocycles. The maximum absolute atomic E-state index is 12.5. The molecule has 28 heavy (non-hydrogen) atoms. The average molecular weight is 384 g/mol. The third kappa shape index (κ3) is 4.51. The monoisotopic (exact) mass is 384 g/mol. The Labute approximate surface area is 163 Å². The average Bonchev–Trinajstić information content (AvgIpc) is 2.73. The van der Waals surface area contributed by atoms with Gasteiger partial charge in [-0.2, -0.15) is 0 Å². The molecule has 1 aliphatic heterocycles. The Morgan fingerprint density at radius 2 is 1.82 bits per heavy atom. The van der Waals surface area contributed by atoms with E-state index < -0.39 is 4.92 Å². The second-order valence-electron chi connectivity index (χ2n) is 6.68. The Hall–Kier alpha value is -3.29. The minimum Gasteiger partial charge on any atom is -0.497 e. The van der Waals surface area contributed by atoms with E-state index in [1.54, 1.807) is 13.2 Å². The summed E-state index contributed by atoms with van der Waals surface area (Å²) in [5.74, 6) is 0.806. The predicted molar refractivity (Wildman–Crippen MR) is 108 cm³/mol. The number of rotatable bonds is 6. The lowest BCUT2D eigenvalue weighted by Crippen LogP contribution is -2.50. The first-order valence-electron chi connectivity index (χ1n) is 9.13. The molecule has 1 aliphatic rings. The number of amides is 1. The number of methoxy groups -OCH3 is 1. The number of carbonyl (C=O) groups is 1. The normalized spacial score (nSPS) is 13.9. The minimum atomic E-state index is -0.440. The van der Waals surface area contributed by atoms with Gasteiger partial charge in [0.25, 0.3) is 5.69 Å². The van der Waals surface area contributed by atoms with Gasteiger partial charge >= 0.3 is 0 Å². The van der Waals surface area contributed by atoms with Crippen LogP contribution >= 0.6 is 0 Å². The Morgan fingerprint density at radius 1 is 1.14 bits per heavy atom. The molecule has 0 unspecified atom stereocenters. The smallest absolute Gasteiger partial charge is 0.271 e. The summed E-state index contributed by atoms with van der Waals surface area (Å²) in [6, 6.07) is 12.5. The van der Waals surface area contributed by atoms with Crippen molar-refractivity contribution >= 4 is 23.0 Å². The number of nitro benzene ring substituents is 1. The topological polar surface area (TPSA) is 88.0 Å². The maximum Gasteiger partial charge on any atom is 0.271 e. The highest BCUT2D eigenvalue weighted by Gasteiger charge is 2.21. The zero-order valence-corrected chi connectivity index (χ0v) is 16.1. The minimum absolute atomic E-state index is 0.00801. The molecule has 1 heterocycles. The highest BCUT2D eigenvalue weighted by molar-refractivity contribution is 5.81. The molecule has 2 aromatic rings. The van der Waals surface area contributed by atoms with Gasteiger partial charge in [-0.3, -0.25) is 14.9 Å². The molecular formula is C20H24N4O4. The number of hydrogen-bond acceptors (Lipinski definition) is 6. The van der Waals surface area contributed by atoms with Crippen LogP contribution in [0.5, 0.6) is 5.75 Å². The van der Waals surface area contributed by atoms with E-state index in [4.69, 9.17) is 4.74 Å². The second kappa shape index (κ2) is 8.60. The fourth-order valence-electron chi connectivity index (χ4n) is 3.20. The summed E-state index contributed by atoms with van der Waals surface area (Å²) in [4.78, 5) is 27.1. The van der Waals surface area contributed by atoms with Crippen LogP contribution in [0, 0.1) is 17.0 Å². The Kier molecular flexibility index (Phi) is 5.98. The van der Waals surface area contributed by atoms with Gasteiger partial charge in [-0.05, 0) is 36.8 Å². The summed E-state index contributed by atoms with van der Waals surface area (Å²) in [7, 11) is 1.64. The molecule has 148 valence electrons. The van der Waals surface area contributed by atoms with Crippen molar-refractivity contribution in [2.45, 2.75) is 6.92 Å². The molecule has 0 spiro atoms. The molecule has 1 N–H and O–H groups in total. The van der Waals surface area contributed by atoms with Gasteiger partial charge < -0.3 is 19.9 Å². The number of benzene rings is 2. The number of hydrogen-bond donors (Lipinski definition) is 1. The number of piperazine rings is 1. The van der Waals surface area contributed by atoms with Crippen molar-refractivity contribution in [3.05, 3.63) is 58.1 Å². The second-order valence-corrected chi connectivity index (χ2v) is 6.68. The van der Waals surface area contributed by atoms with Crippen molar-refractivity contribution in [2.75, 3.05) is 50.1 Å². The predicted octanol–water partition coefficient (Wildman–Crippen LogP) is 2.67. The summed E-state index contributed by atoms with van der Waals surface area (Å²) >= 11 is 0. The van der Waals surface area contributed by atoms with Crippen LogP contribution in [0.1, 0.15) is 5.56 Å². The van der Waals surface area contributed by atoms with Gasteiger partial charge in [-0.25, -0.2) is 0 Å². The van der Waals surface area contributed by atoms with E-state index in [1.165, 1.54) is 12.1 Å². The van der Waals surface area contributed by atoms with Crippen molar-refractivity contribution in [1.29, 1.82) is 0 Å². The van der Waals surface area contributed by atoms with Crippen molar-refractivity contribution in [3.8, 4) is 5.75 Å². The summed E-state index contributed by atoms with van der Waals surface area (Å²) in [5.41, 5.74) is 2.59. The molecular weight excluding hydrogens is 360 g/mol. The molecule has 8 nitrogen and oxygen atoms in total. The Bertz CT molecular complexity index is 846. The highest BCUT2D eigenvalue weighted by atomic mass is 16.6. The number of nitro groups is 1. The van der Waals surface area contributed by atoms with Crippen LogP contribution in [0.2, 0.25) is 0 Å². The van der Waals surface area contributed by atoms with Crippen LogP contribution in [0.3, 0.4) is 0 Å². The summed E-state index contributed by atoms with van der Waals surface area (Å²) in [6.45, 7) is 4.76. The molecule has 0 aliphatic carbocycles. The van der Waals surface area contributed by atoms with Gasteiger partial charge in [0.1, 0.15) is 5.75 Å². The number of non-ortho nitro benzene ring substituents is 1. The van der Waals surface area contributed by atoms with Gasteiger partial charge in [0, 0.05) is 49.7 Å². The quantitative estimate of drug-likeness (QED) is 0.609. The van der Waals surface area contributed by atoms with Crippen LogP contribution < -0.4 is 15.0 Å². The first-order chi connectivity index (χ1) is 13.5. The van der Waals surface area contributed by atoms with Crippen LogP contribution in [0.25, 0.3) is 0 Å². The molecule has 1 saturated heterocycles. The number of carbonyl (C=O) groups excluding carboxylic acids is 1. The van der Waals surface area contributed by atoms with E-state index >= 15 is 0 Å². The van der Waals surface area contributed by atoms with Crippen LogP contribution in [0.15, 0.2) is 42.5 Å². The number of anilines is 2. The van der Waals surface area contributed by atoms with Gasteiger partial charge in [-0.1, -0.05) is 6.07 Å². The van der Waals surface area contributed by atoms with E-state index in [-0.39, 0.29) is 18.1 Å². The van der Waals surface area contributed by atoms with Gasteiger partial charge in [0.2, 0.25) is 5.91 Å². The number of ether oxygens (including phenoxy) is 1. The van der Waals surface area contributed by atoms with E-state index in [2.05, 4.69) is 10.2 Å².